The number of aryl methyl sites for hydroxylation is 4. The topological polar surface area (TPSA) is 17.3 Å². The summed E-state index contributed by atoms with van der Waals surface area (Å²) >= 11 is 1.88. The highest BCUT2D eigenvalue weighted by atomic mass is 32.1. The van der Waals surface area contributed by atoms with Crippen LogP contribution in [0, 0.1) is 13.8 Å². The van der Waals surface area contributed by atoms with Gasteiger partial charge in [0.05, 0.1) is 5.69 Å². The van der Waals surface area contributed by atoms with Gasteiger partial charge in [0.15, 0.2) is 4.96 Å². The Morgan fingerprint density at radius 2 is 2.00 bits per heavy atom. The minimum Gasteiger partial charge on any atom is -0.294 e. The molecular formula is C17H18N2S. The third-order valence-electron chi connectivity index (χ3n) is 4.23. The molecule has 0 radical (unpaired) electrons. The first-order chi connectivity index (χ1) is 9.72. The van der Waals surface area contributed by atoms with Gasteiger partial charge >= 0.3 is 0 Å². The van der Waals surface area contributed by atoms with Gasteiger partial charge in [-0.05, 0) is 45.1 Å². The molecule has 1 aliphatic rings. The van der Waals surface area contributed by atoms with Gasteiger partial charge in [-0.1, -0.05) is 23.8 Å². The third kappa shape index (κ3) is 1.80. The molecule has 0 fully saturated rings. The quantitative estimate of drug-likeness (QED) is 0.639. The lowest BCUT2D eigenvalue weighted by Gasteiger charge is -2.10. The van der Waals surface area contributed by atoms with Crippen molar-refractivity contribution in [2.24, 2.45) is 0 Å². The minimum atomic E-state index is 1.11. The first-order valence-electron chi connectivity index (χ1n) is 7.29. The van der Waals surface area contributed by atoms with Crippen LogP contribution in [0.4, 0.5) is 0 Å². The van der Waals surface area contributed by atoms with Gasteiger partial charge in [-0.2, -0.15) is 0 Å². The minimum absolute atomic E-state index is 1.11. The van der Waals surface area contributed by atoms with E-state index in [2.05, 4.69) is 42.6 Å². The van der Waals surface area contributed by atoms with Gasteiger partial charge in [0.1, 0.15) is 0 Å². The fourth-order valence-electron chi connectivity index (χ4n) is 3.20. The summed E-state index contributed by atoms with van der Waals surface area (Å²) in [6.07, 6.45) is 7.32. The van der Waals surface area contributed by atoms with Crippen LogP contribution in [-0.2, 0) is 12.8 Å². The van der Waals surface area contributed by atoms with Crippen molar-refractivity contribution >= 4 is 16.3 Å². The number of benzene rings is 1. The lowest BCUT2D eigenvalue weighted by atomic mass is 10.0. The molecule has 0 N–H and O–H groups in total. The third-order valence-corrected chi connectivity index (χ3v) is 5.38. The van der Waals surface area contributed by atoms with Crippen LogP contribution in [0.2, 0.25) is 0 Å². The molecule has 20 heavy (non-hydrogen) atoms. The van der Waals surface area contributed by atoms with Gasteiger partial charge < -0.3 is 0 Å². The maximum absolute atomic E-state index is 4.86. The first kappa shape index (κ1) is 12.2. The Balaban J connectivity index is 1.87. The monoisotopic (exact) mass is 282 g/mol. The van der Waals surface area contributed by atoms with Crippen LogP contribution in [0.15, 0.2) is 24.4 Å². The lowest BCUT2D eigenvalue weighted by Crippen LogP contribution is -2.01. The molecule has 0 unspecified atom stereocenters. The first-order valence-corrected chi connectivity index (χ1v) is 8.11. The van der Waals surface area contributed by atoms with Gasteiger partial charge in [0.25, 0.3) is 0 Å². The maximum Gasteiger partial charge on any atom is 0.194 e. The van der Waals surface area contributed by atoms with Crippen molar-refractivity contribution in [3.05, 3.63) is 46.1 Å². The number of imidazole rings is 1. The molecule has 102 valence electrons. The van der Waals surface area contributed by atoms with Crippen molar-refractivity contribution in [2.45, 2.75) is 39.5 Å². The van der Waals surface area contributed by atoms with Gasteiger partial charge in [0, 0.05) is 22.3 Å². The summed E-state index contributed by atoms with van der Waals surface area (Å²) in [5.74, 6) is 0. The smallest absolute Gasteiger partial charge is 0.194 e. The highest BCUT2D eigenvalue weighted by Gasteiger charge is 2.18. The van der Waals surface area contributed by atoms with E-state index < -0.39 is 0 Å². The fraction of sp³-hybridized carbons (Fsp3) is 0.353. The Morgan fingerprint density at radius 1 is 1.15 bits per heavy atom. The fourth-order valence-corrected chi connectivity index (χ4v) is 4.39. The standard InChI is InChI=1S/C17H18N2S/c1-11-7-8-13(12(2)9-11)14-10-19-15-5-3-4-6-16(15)20-17(19)18-14/h7-10H,3-6H2,1-2H3. The van der Waals surface area contributed by atoms with E-state index in [1.807, 2.05) is 11.3 Å². The summed E-state index contributed by atoms with van der Waals surface area (Å²) in [5.41, 5.74) is 6.49. The van der Waals surface area contributed by atoms with Crippen molar-refractivity contribution in [1.82, 2.24) is 9.38 Å². The van der Waals surface area contributed by atoms with Crippen LogP contribution in [0.3, 0.4) is 0 Å². The van der Waals surface area contributed by atoms with E-state index >= 15 is 0 Å². The Bertz CT molecular complexity index is 795. The Labute approximate surface area is 123 Å². The molecule has 0 saturated carbocycles. The number of thiazole rings is 1. The molecule has 2 nitrogen and oxygen atoms in total. The number of fused-ring (bicyclic) bond motifs is 3. The van der Waals surface area contributed by atoms with E-state index in [9.17, 15) is 0 Å². The molecule has 2 aromatic heterocycles. The molecule has 0 amide bonds. The van der Waals surface area contributed by atoms with E-state index in [0.717, 1.165) is 10.7 Å². The number of hydrogen-bond donors (Lipinski definition) is 0. The Kier molecular flexibility index (Phi) is 2.71. The van der Waals surface area contributed by atoms with Gasteiger partial charge in [-0.15, -0.1) is 11.3 Å². The normalized spacial score (nSPS) is 14.7. The van der Waals surface area contributed by atoms with E-state index in [1.54, 1.807) is 4.88 Å². The molecular weight excluding hydrogens is 264 g/mol. The second-order valence-corrected chi connectivity index (χ2v) is 6.84. The zero-order valence-corrected chi connectivity index (χ0v) is 12.8. The second-order valence-electron chi connectivity index (χ2n) is 5.78. The largest absolute Gasteiger partial charge is 0.294 e. The molecule has 2 heterocycles. The van der Waals surface area contributed by atoms with Crippen LogP contribution in [-0.4, -0.2) is 9.38 Å². The van der Waals surface area contributed by atoms with Crippen molar-refractivity contribution in [1.29, 1.82) is 0 Å². The molecule has 0 saturated heterocycles. The van der Waals surface area contributed by atoms with Gasteiger partial charge in [-0.3, -0.25) is 4.40 Å². The predicted molar refractivity (Wildman–Crippen MR) is 84.6 cm³/mol. The van der Waals surface area contributed by atoms with Crippen LogP contribution in [0.1, 0.15) is 34.5 Å². The molecule has 3 aromatic rings. The van der Waals surface area contributed by atoms with E-state index in [4.69, 9.17) is 4.98 Å². The number of rotatable bonds is 1. The molecule has 1 aromatic carbocycles. The van der Waals surface area contributed by atoms with Crippen molar-refractivity contribution < 1.29 is 0 Å². The molecule has 0 atom stereocenters. The van der Waals surface area contributed by atoms with E-state index in [-0.39, 0.29) is 0 Å². The molecule has 0 aliphatic heterocycles. The second kappa shape index (κ2) is 4.45. The summed E-state index contributed by atoms with van der Waals surface area (Å²) in [6, 6.07) is 6.60. The molecule has 1 aliphatic carbocycles. The average Bonchev–Trinajstić information content (AvgIpc) is 2.96. The maximum atomic E-state index is 4.86. The van der Waals surface area contributed by atoms with E-state index in [1.165, 1.54) is 48.1 Å². The average molecular weight is 282 g/mol. The Hall–Kier alpha value is -1.61. The summed E-state index contributed by atoms with van der Waals surface area (Å²) in [6.45, 7) is 4.31. The zero-order valence-electron chi connectivity index (χ0n) is 11.9. The predicted octanol–water partition coefficient (Wildman–Crippen LogP) is 4.56. The molecule has 0 spiro atoms. The highest BCUT2D eigenvalue weighted by molar-refractivity contribution is 7.17. The highest BCUT2D eigenvalue weighted by Crippen LogP contribution is 2.32. The Morgan fingerprint density at radius 3 is 2.85 bits per heavy atom. The van der Waals surface area contributed by atoms with Crippen molar-refractivity contribution in [2.75, 3.05) is 0 Å². The van der Waals surface area contributed by atoms with Gasteiger partial charge in [0.2, 0.25) is 0 Å². The lowest BCUT2D eigenvalue weighted by molar-refractivity contribution is 0.674. The van der Waals surface area contributed by atoms with Crippen LogP contribution < -0.4 is 0 Å². The number of hydrogen-bond acceptors (Lipinski definition) is 2. The summed E-state index contributed by atoms with van der Waals surface area (Å²) in [5, 5.41) is 0. The number of aromatic nitrogens is 2. The van der Waals surface area contributed by atoms with E-state index in [0.29, 0.717) is 0 Å². The molecule has 0 bridgehead atoms. The van der Waals surface area contributed by atoms with Crippen molar-refractivity contribution in [3.8, 4) is 11.3 Å². The van der Waals surface area contributed by atoms with Crippen molar-refractivity contribution in [3.63, 3.8) is 0 Å². The van der Waals surface area contributed by atoms with Gasteiger partial charge in [-0.25, -0.2) is 4.98 Å². The SMILES string of the molecule is Cc1ccc(-c2cn3c4c(sc3n2)CCCC4)c(C)c1. The summed E-state index contributed by atoms with van der Waals surface area (Å²) in [4.78, 5) is 7.57. The zero-order chi connectivity index (χ0) is 13.7. The molecule has 3 heteroatoms. The summed E-state index contributed by atoms with van der Waals surface area (Å²) in [7, 11) is 0. The number of nitrogens with zero attached hydrogens (tertiary/aromatic N) is 2. The summed E-state index contributed by atoms with van der Waals surface area (Å²) < 4.78 is 2.33. The van der Waals surface area contributed by atoms with Crippen LogP contribution in [0.25, 0.3) is 16.2 Å². The molecule has 4 rings (SSSR count). The van der Waals surface area contributed by atoms with Crippen LogP contribution >= 0.6 is 11.3 Å². The van der Waals surface area contributed by atoms with Crippen LogP contribution in [0.5, 0.6) is 0 Å².